The Morgan fingerprint density at radius 1 is 0.980 bits per heavy atom. The van der Waals surface area contributed by atoms with Crippen molar-refractivity contribution < 1.29 is 32.3 Å². The molecule has 2 unspecified atom stereocenters. The number of morpholine rings is 1. The molecular weight excluding hydrogens is 637 g/mol. The maximum atomic E-state index is 14.4. The third-order valence-electron chi connectivity index (χ3n) is 8.67. The number of hydrogen-bond donors (Lipinski definition) is 2. The minimum Gasteiger partial charge on any atom is -0.379 e. The van der Waals surface area contributed by atoms with Crippen LogP contribution in [0.5, 0.6) is 0 Å². The molecule has 2 atom stereocenters. The molecule has 3 amide bonds. The third kappa shape index (κ3) is 6.99. The number of carbonyl (C=O) groups is 3. The van der Waals surface area contributed by atoms with E-state index in [0.29, 0.717) is 66.7 Å². The number of carbonyl (C=O) groups excluding carboxylic acids is 3. The molecule has 2 aliphatic rings. The summed E-state index contributed by atoms with van der Waals surface area (Å²) < 4.78 is 47.6. The van der Waals surface area contributed by atoms with Gasteiger partial charge in [0, 0.05) is 54.5 Å². The number of aromatic nitrogens is 2. The van der Waals surface area contributed by atoms with E-state index in [0.717, 1.165) is 18.2 Å². The number of benzene rings is 3. The van der Waals surface area contributed by atoms with Gasteiger partial charge in [0.25, 0.3) is 17.7 Å². The van der Waals surface area contributed by atoms with Gasteiger partial charge in [0.2, 0.25) is 0 Å². The minimum atomic E-state index is -4.66. The second-order valence-electron chi connectivity index (χ2n) is 11.8. The van der Waals surface area contributed by atoms with Crippen LogP contribution in [0.4, 0.5) is 24.7 Å². The van der Waals surface area contributed by atoms with Gasteiger partial charge in [-0.15, -0.1) is 0 Å². The van der Waals surface area contributed by atoms with E-state index in [4.69, 9.17) is 4.74 Å². The summed E-state index contributed by atoms with van der Waals surface area (Å²) in [4.78, 5) is 45.1. The second-order valence-corrected chi connectivity index (χ2v) is 11.8. The van der Waals surface area contributed by atoms with Crippen LogP contribution in [0, 0.1) is 0 Å². The number of alkyl halides is 3. The van der Waals surface area contributed by atoms with Gasteiger partial charge in [0.1, 0.15) is 11.9 Å². The molecule has 2 aliphatic heterocycles. The van der Waals surface area contributed by atoms with Crippen molar-refractivity contribution in [2.45, 2.75) is 25.1 Å². The van der Waals surface area contributed by atoms with E-state index >= 15 is 0 Å². The zero-order valence-corrected chi connectivity index (χ0v) is 26.7. The molecule has 4 aromatic rings. The molecule has 0 bridgehead atoms. The average molecular weight is 673 g/mol. The Balaban J connectivity index is 1.41. The first-order valence-corrected chi connectivity index (χ1v) is 15.9. The lowest BCUT2D eigenvalue weighted by atomic mass is 9.81. The van der Waals surface area contributed by atoms with Crippen LogP contribution in [0.3, 0.4) is 0 Å². The predicted octanol–water partition coefficient (Wildman–Crippen LogP) is 5.02. The summed E-state index contributed by atoms with van der Waals surface area (Å²) in [6.45, 7) is 8.80. The molecule has 49 heavy (non-hydrogen) atoms. The first kappa shape index (κ1) is 33.6. The molecule has 13 heteroatoms. The largest absolute Gasteiger partial charge is 0.416 e. The summed E-state index contributed by atoms with van der Waals surface area (Å²) >= 11 is 0. The molecule has 0 saturated carbocycles. The Bertz CT molecular complexity index is 1870. The molecule has 2 N–H and O–H groups in total. The standard InChI is InChI=1S/C36H35F3N6O4/c1-3-44-34-28(21-40-45(34)26-12-5-4-6-13-26)30(31(35(44)48)42-33(47)24-10-9-11-25(20-24)36(37,38)39)27-14-7-8-15-29(27)41-32(46)23(2)22-43-16-18-49-19-17-43/h4-15,20-21,30-31H,2-3,16-19,22H2,1H3,(H,41,46)(H,42,47). The number of ether oxygens (including phenoxy) is 1. The van der Waals surface area contributed by atoms with E-state index in [9.17, 15) is 27.6 Å². The fraction of sp³-hybridized carbons (Fsp3) is 0.278. The van der Waals surface area contributed by atoms with Crippen LogP contribution in [0.2, 0.25) is 0 Å². The normalized spacial score (nSPS) is 18.1. The second kappa shape index (κ2) is 14.1. The SMILES string of the molecule is C=C(CN1CCOCC1)C(=O)Nc1ccccc1C1c2cnn(-c3ccccc3)c2N(CC)C(=O)C1NC(=O)c1cccc(C(F)(F)F)c1. The van der Waals surface area contributed by atoms with Gasteiger partial charge in [-0.05, 0) is 48.9 Å². The van der Waals surface area contributed by atoms with E-state index in [1.807, 2.05) is 30.3 Å². The van der Waals surface area contributed by atoms with Gasteiger partial charge in [-0.3, -0.25) is 24.2 Å². The summed E-state index contributed by atoms with van der Waals surface area (Å²) in [6.07, 6.45) is -3.05. The van der Waals surface area contributed by atoms with Gasteiger partial charge in [-0.25, -0.2) is 4.68 Å². The average Bonchev–Trinajstić information content (AvgIpc) is 3.54. The lowest BCUT2D eigenvalue weighted by molar-refractivity contribution is -0.137. The maximum absolute atomic E-state index is 14.4. The van der Waals surface area contributed by atoms with Crippen molar-refractivity contribution in [3.63, 3.8) is 0 Å². The van der Waals surface area contributed by atoms with Gasteiger partial charge in [0.15, 0.2) is 0 Å². The number of anilines is 2. The van der Waals surface area contributed by atoms with Crippen molar-refractivity contribution >= 4 is 29.2 Å². The molecule has 3 aromatic carbocycles. The van der Waals surface area contributed by atoms with Crippen molar-refractivity contribution in [2.75, 3.05) is 49.6 Å². The van der Waals surface area contributed by atoms with Crippen molar-refractivity contribution in [3.8, 4) is 5.69 Å². The Morgan fingerprint density at radius 3 is 2.41 bits per heavy atom. The zero-order chi connectivity index (χ0) is 34.7. The molecule has 10 nitrogen and oxygen atoms in total. The van der Waals surface area contributed by atoms with Gasteiger partial charge < -0.3 is 15.4 Å². The highest BCUT2D eigenvalue weighted by atomic mass is 19.4. The van der Waals surface area contributed by atoms with Crippen molar-refractivity contribution in [2.24, 2.45) is 0 Å². The molecule has 3 heterocycles. The van der Waals surface area contributed by atoms with E-state index in [2.05, 4.69) is 27.2 Å². The van der Waals surface area contributed by atoms with Crippen molar-refractivity contribution in [1.29, 1.82) is 0 Å². The zero-order valence-electron chi connectivity index (χ0n) is 26.7. The van der Waals surface area contributed by atoms with Gasteiger partial charge in [-0.1, -0.05) is 49.0 Å². The molecule has 1 saturated heterocycles. The fourth-order valence-electron chi connectivity index (χ4n) is 6.25. The quantitative estimate of drug-likeness (QED) is 0.242. The summed E-state index contributed by atoms with van der Waals surface area (Å²) in [7, 11) is 0. The number of amides is 3. The van der Waals surface area contributed by atoms with Crippen molar-refractivity contribution in [1.82, 2.24) is 20.0 Å². The molecule has 254 valence electrons. The number of likely N-dealkylation sites (N-methyl/N-ethyl adjacent to an activating group) is 1. The lowest BCUT2D eigenvalue weighted by Crippen LogP contribution is -2.55. The van der Waals surface area contributed by atoms with Gasteiger partial charge in [-0.2, -0.15) is 18.3 Å². The third-order valence-corrected chi connectivity index (χ3v) is 8.67. The molecule has 1 fully saturated rings. The Kier molecular flexibility index (Phi) is 9.65. The molecule has 0 aliphatic carbocycles. The van der Waals surface area contributed by atoms with Crippen LogP contribution in [-0.2, 0) is 20.5 Å². The topological polar surface area (TPSA) is 109 Å². The van der Waals surface area contributed by atoms with Gasteiger partial charge in [0.05, 0.1) is 30.7 Å². The Morgan fingerprint density at radius 2 is 1.69 bits per heavy atom. The first-order valence-electron chi connectivity index (χ1n) is 15.9. The minimum absolute atomic E-state index is 0.215. The highest BCUT2D eigenvalue weighted by molar-refractivity contribution is 6.07. The lowest BCUT2D eigenvalue weighted by Gasteiger charge is -2.38. The monoisotopic (exact) mass is 672 g/mol. The van der Waals surface area contributed by atoms with Gasteiger partial charge >= 0.3 is 6.18 Å². The fourth-order valence-corrected chi connectivity index (χ4v) is 6.25. The van der Waals surface area contributed by atoms with Crippen LogP contribution < -0.4 is 15.5 Å². The number of halogens is 3. The number of rotatable bonds is 9. The molecule has 1 aromatic heterocycles. The van der Waals surface area contributed by atoms with E-state index in [-0.39, 0.29) is 12.1 Å². The molecular formula is C36H35F3N6O4. The highest BCUT2D eigenvalue weighted by Gasteiger charge is 2.45. The smallest absolute Gasteiger partial charge is 0.379 e. The van der Waals surface area contributed by atoms with Crippen molar-refractivity contribution in [3.05, 3.63) is 119 Å². The molecule has 0 spiro atoms. The maximum Gasteiger partial charge on any atom is 0.416 e. The number of nitrogens with zero attached hydrogens (tertiary/aromatic N) is 4. The van der Waals surface area contributed by atoms with Crippen LogP contribution in [0.25, 0.3) is 5.69 Å². The predicted molar refractivity (Wildman–Crippen MR) is 178 cm³/mol. The summed E-state index contributed by atoms with van der Waals surface area (Å²) in [5, 5.41) is 10.3. The molecule has 6 rings (SSSR count). The summed E-state index contributed by atoms with van der Waals surface area (Å²) in [5.41, 5.74) is 1.25. The first-order chi connectivity index (χ1) is 23.6. The molecule has 0 radical (unpaired) electrons. The number of para-hydroxylation sites is 2. The van der Waals surface area contributed by atoms with E-state index < -0.39 is 41.4 Å². The van der Waals surface area contributed by atoms with E-state index in [1.165, 1.54) is 11.0 Å². The van der Waals surface area contributed by atoms with E-state index in [1.54, 1.807) is 42.1 Å². The van der Waals surface area contributed by atoms with Crippen LogP contribution in [-0.4, -0.2) is 77.8 Å². The van der Waals surface area contributed by atoms with Crippen LogP contribution in [0.1, 0.15) is 39.9 Å². The number of hydrogen-bond acceptors (Lipinski definition) is 6. The number of nitrogens with one attached hydrogen (secondary N) is 2. The summed E-state index contributed by atoms with van der Waals surface area (Å²) in [5.74, 6) is -2.17. The van der Waals surface area contributed by atoms with Crippen LogP contribution in [0.15, 0.2) is 97.2 Å². The number of fused-ring (bicyclic) bond motifs is 1. The Labute approximate surface area is 281 Å². The van der Waals surface area contributed by atoms with Crippen LogP contribution >= 0.6 is 0 Å². The highest BCUT2D eigenvalue weighted by Crippen LogP contribution is 2.43. The Hall–Kier alpha value is -5.27. The summed E-state index contributed by atoms with van der Waals surface area (Å²) in [6, 6.07) is 18.9.